The summed E-state index contributed by atoms with van der Waals surface area (Å²) in [6.45, 7) is 2.33. The van der Waals surface area contributed by atoms with Gasteiger partial charge in [-0.05, 0) is 36.8 Å². The Bertz CT molecular complexity index is 523. The van der Waals surface area contributed by atoms with E-state index in [9.17, 15) is 0 Å². The van der Waals surface area contributed by atoms with Crippen LogP contribution in [-0.2, 0) is 11.4 Å². The van der Waals surface area contributed by atoms with Crippen LogP contribution in [0.5, 0.6) is 0 Å². The first-order valence-corrected chi connectivity index (χ1v) is 6.37. The summed E-state index contributed by atoms with van der Waals surface area (Å²) in [5, 5.41) is 4.05. The molecule has 4 heteroatoms. The van der Waals surface area contributed by atoms with Crippen molar-refractivity contribution in [2.75, 3.05) is 0 Å². The van der Waals surface area contributed by atoms with Crippen LogP contribution in [0.2, 0.25) is 0 Å². The molecular formula is C14H13BrN2O. The second kappa shape index (κ2) is 6.31. The second-order valence-electron chi connectivity index (χ2n) is 3.79. The van der Waals surface area contributed by atoms with Crippen LogP contribution < -0.4 is 0 Å². The number of rotatable bonds is 4. The topological polar surface area (TPSA) is 34.5 Å². The van der Waals surface area contributed by atoms with Crippen LogP contribution in [0.25, 0.3) is 0 Å². The third kappa shape index (κ3) is 3.67. The second-order valence-corrected chi connectivity index (χ2v) is 4.71. The molecule has 0 aliphatic rings. The van der Waals surface area contributed by atoms with Gasteiger partial charge in [0, 0.05) is 10.7 Å². The van der Waals surface area contributed by atoms with E-state index in [0.29, 0.717) is 6.61 Å². The van der Waals surface area contributed by atoms with Gasteiger partial charge in [-0.25, -0.2) is 0 Å². The van der Waals surface area contributed by atoms with E-state index >= 15 is 0 Å². The molecule has 0 saturated heterocycles. The zero-order valence-electron chi connectivity index (χ0n) is 10.0. The quantitative estimate of drug-likeness (QED) is 0.636. The SMILES string of the molecule is C/C(=N/OCc1ccc(Br)cc1)c1ccccn1. The van der Waals surface area contributed by atoms with Crippen molar-refractivity contribution < 1.29 is 4.84 Å². The first-order chi connectivity index (χ1) is 8.75. The van der Waals surface area contributed by atoms with Crippen molar-refractivity contribution in [2.24, 2.45) is 5.16 Å². The molecule has 1 aromatic heterocycles. The van der Waals surface area contributed by atoms with E-state index in [1.807, 2.05) is 49.4 Å². The average molecular weight is 305 g/mol. The molecule has 0 saturated carbocycles. The summed E-state index contributed by atoms with van der Waals surface area (Å²) >= 11 is 3.39. The van der Waals surface area contributed by atoms with Crippen molar-refractivity contribution in [3.8, 4) is 0 Å². The predicted molar refractivity (Wildman–Crippen MR) is 75.4 cm³/mol. The number of oxime groups is 1. The van der Waals surface area contributed by atoms with E-state index in [1.165, 1.54) is 0 Å². The van der Waals surface area contributed by atoms with Gasteiger partial charge in [0.15, 0.2) is 0 Å². The molecule has 0 aliphatic heterocycles. The first kappa shape index (κ1) is 12.8. The third-order valence-electron chi connectivity index (χ3n) is 2.38. The molecule has 1 heterocycles. The van der Waals surface area contributed by atoms with Crippen molar-refractivity contribution in [1.29, 1.82) is 0 Å². The van der Waals surface area contributed by atoms with Crippen LogP contribution in [0.1, 0.15) is 18.2 Å². The highest BCUT2D eigenvalue weighted by atomic mass is 79.9. The monoisotopic (exact) mass is 304 g/mol. The molecule has 2 rings (SSSR count). The Morgan fingerprint density at radius 3 is 2.67 bits per heavy atom. The Hall–Kier alpha value is -1.68. The van der Waals surface area contributed by atoms with Crippen molar-refractivity contribution in [3.63, 3.8) is 0 Å². The number of pyridine rings is 1. The fraction of sp³-hybridized carbons (Fsp3) is 0.143. The molecule has 1 aromatic carbocycles. The average Bonchev–Trinajstić information content (AvgIpc) is 2.42. The Morgan fingerprint density at radius 1 is 1.22 bits per heavy atom. The molecule has 3 nitrogen and oxygen atoms in total. The lowest BCUT2D eigenvalue weighted by atomic mass is 10.2. The zero-order chi connectivity index (χ0) is 12.8. The number of hydrogen-bond donors (Lipinski definition) is 0. The number of halogens is 1. The highest BCUT2D eigenvalue weighted by Crippen LogP contribution is 2.11. The lowest BCUT2D eigenvalue weighted by Crippen LogP contribution is -1.99. The lowest BCUT2D eigenvalue weighted by molar-refractivity contribution is 0.130. The van der Waals surface area contributed by atoms with Gasteiger partial charge in [0.25, 0.3) is 0 Å². The smallest absolute Gasteiger partial charge is 0.142 e. The highest BCUT2D eigenvalue weighted by Gasteiger charge is 1.98. The maximum atomic E-state index is 5.31. The van der Waals surface area contributed by atoms with Gasteiger partial charge >= 0.3 is 0 Å². The Kier molecular flexibility index (Phi) is 4.47. The van der Waals surface area contributed by atoms with Crippen LogP contribution >= 0.6 is 15.9 Å². The molecule has 0 fully saturated rings. The number of benzene rings is 1. The van der Waals surface area contributed by atoms with Crippen LogP contribution in [0, 0.1) is 0 Å². The Morgan fingerprint density at radius 2 is 2.00 bits per heavy atom. The Balaban J connectivity index is 1.93. The normalized spacial score (nSPS) is 11.3. The molecule has 0 atom stereocenters. The van der Waals surface area contributed by atoms with E-state index in [2.05, 4.69) is 26.1 Å². The molecule has 0 aliphatic carbocycles. The van der Waals surface area contributed by atoms with Gasteiger partial charge in [0.2, 0.25) is 0 Å². The van der Waals surface area contributed by atoms with E-state index in [1.54, 1.807) is 6.20 Å². The molecule has 92 valence electrons. The molecule has 2 aromatic rings. The highest BCUT2D eigenvalue weighted by molar-refractivity contribution is 9.10. The van der Waals surface area contributed by atoms with Crippen molar-refractivity contribution in [2.45, 2.75) is 13.5 Å². The number of hydrogen-bond acceptors (Lipinski definition) is 3. The van der Waals surface area contributed by atoms with Crippen LogP contribution in [0.3, 0.4) is 0 Å². The van der Waals surface area contributed by atoms with Crippen molar-refractivity contribution in [3.05, 3.63) is 64.4 Å². The standard InChI is InChI=1S/C14H13BrN2O/c1-11(14-4-2-3-9-16-14)17-18-10-12-5-7-13(15)8-6-12/h2-9H,10H2,1H3/b17-11-. The minimum Gasteiger partial charge on any atom is -0.391 e. The molecule has 0 spiro atoms. The molecule has 0 N–H and O–H groups in total. The van der Waals surface area contributed by atoms with Crippen LogP contribution in [0.15, 0.2) is 58.3 Å². The van der Waals surface area contributed by atoms with Crippen LogP contribution in [-0.4, -0.2) is 10.7 Å². The van der Waals surface area contributed by atoms with Gasteiger partial charge in [-0.2, -0.15) is 0 Å². The summed E-state index contributed by atoms with van der Waals surface area (Å²) in [7, 11) is 0. The van der Waals surface area contributed by atoms with Gasteiger partial charge < -0.3 is 4.84 Å². The molecule has 0 amide bonds. The van der Waals surface area contributed by atoms with Gasteiger partial charge in [0.05, 0.1) is 5.69 Å². The number of nitrogens with zero attached hydrogens (tertiary/aromatic N) is 2. The molecule has 18 heavy (non-hydrogen) atoms. The van der Waals surface area contributed by atoms with E-state index in [0.717, 1.165) is 21.4 Å². The van der Waals surface area contributed by atoms with Crippen molar-refractivity contribution in [1.82, 2.24) is 4.98 Å². The fourth-order valence-electron chi connectivity index (χ4n) is 1.41. The molecule has 0 bridgehead atoms. The van der Waals surface area contributed by atoms with Crippen molar-refractivity contribution >= 4 is 21.6 Å². The lowest BCUT2D eigenvalue weighted by Gasteiger charge is -2.02. The summed E-state index contributed by atoms with van der Waals surface area (Å²) in [6, 6.07) is 13.7. The van der Waals surface area contributed by atoms with E-state index < -0.39 is 0 Å². The van der Waals surface area contributed by atoms with Gasteiger partial charge in [-0.3, -0.25) is 4.98 Å². The molecular weight excluding hydrogens is 292 g/mol. The van der Waals surface area contributed by atoms with Gasteiger partial charge in [-0.1, -0.05) is 39.3 Å². The minimum atomic E-state index is 0.456. The molecule has 0 radical (unpaired) electrons. The van der Waals surface area contributed by atoms with E-state index in [4.69, 9.17) is 4.84 Å². The van der Waals surface area contributed by atoms with Gasteiger partial charge in [-0.15, -0.1) is 0 Å². The maximum Gasteiger partial charge on any atom is 0.142 e. The summed E-state index contributed by atoms with van der Waals surface area (Å²) in [6.07, 6.45) is 1.74. The maximum absolute atomic E-state index is 5.31. The van der Waals surface area contributed by atoms with Gasteiger partial charge in [0.1, 0.15) is 12.3 Å². The summed E-state index contributed by atoms with van der Waals surface area (Å²) < 4.78 is 1.06. The number of aromatic nitrogens is 1. The summed E-state index contributed by atoms with van der Waals surface area (Å²) in [5.41, 5.74) is 2.68. The van der Waals surface area contributed by atoms with E-state index in [-0.39, 0.29) is 0 Å². The summed E-state index contributed by atoms with van der Waals surface area (Å²) in [5.74, 6) is 0. The molecule has 0 unspecified atom stereocenters. The van der Waals surface area contributed by atoms with Crippen LogP contribution in [0.4, 0.5) is 0 Å². The Labute approximate surface area is 115 Å². The third-order valence-corrected chi connectivity index (χ3v) is 2.91. The predicted octanol–water partition coefficient (Wildman–Crippen LogP) is 3.78. The largest absolute Gasteiger partial charge is 0.391 e. The summed E-state index contributed by atoms with van der Waals surface area (Å²) in [4.78, 5) is 9.51. The zero-order valence-corrected chi connectivity index (χ0v) is 11.6. The minimum absolute atomic E-state index is 0.456. The fourth-order valence-corrected chi connectivity index (χ4v) is 1.67. The first-order valence-electron chi connectivity index (χ1n) is 5.58.